The molecule has 5 heteroatoms. The molecule has 1 aliphatic rings. The van der Waals surface area contributed by atoms with Crippen LogP contribution in [0.1, 0.15) is 25.7 Å². The van der Waals surface area contributed by atoms with Gasteiger partial charge in [0, 0.05) is 13.1 Å². The first-order valence-electron chi connectivity index (χ1n) is 5.51. The van der Waals surface area contributed by atoms with Crippen molar-refractivity contribution in [3.8, 4) is 0 Å². The molecule has 1 saturated carbocycles. The predicted molar refractivity (Wildman–Crippen MR) is 53.4 cm³/mol. The number of nitrogens with one attached hydrogen (secondary N) is 1. The Hall–Kier alpha value is -0.290. The van der Waals surface area contributed by atoms with Gasteiger partial charge in [-0.2, -0.15) is 13.2 Å². The van der Waals surface area contributed by atoms with Crippen LogP contribution in [0.2, 0.25) is 0 Å². The third kappa shape index (κ3) is 4.38. The number of hydrogen-bond acceptors (Lipinski definition) is 2. The van der Waals surface area contributed by atoms with Gasteiger partial charge in [-0.15, -0.1) is 0 Å². The molecule has 0 bridgehead atoms. The lowest BCUT2D eigenvalue weighted by atomic mass is 9.81. The summed E-state index contributed by atoms with van der Waals surface area (Å²) in [6, 6.07) is 0. The molecule has 0 unspecified atom stereocenters. The fourth-order valence-electron chi connectivity index (χ4n) is 2.10. The van der Waals surface area contributed by atoms with Gasteiger partial charge in [0.1, 0.15) is 0 Å². The van der Waals surface area contributed by atoms with Crippen molar-refractivity contribution in [3.05, 3.63) is 0 Å². The first kappa shape index (κ1) is 12.8. The normalized spacial score (nSPS) is 28.0. The number of nitrogens with two attached hydrogens (primary N) is 1. The Morgan fingerprint density at radius 3 is 2.20 bits per heavy atom. The van der Waals surface area contributed by atoms with E-state index in [4.69, 9.17) is 5.73 Å². The summed E-state index contributed by atoms with van der Waals surface area (Å²) in [6.45, 7) is 2.14. The summed E-state index contributed by atoms with van der Waals surface area (Å²) in [5, 5.41) is 3.15. The van der Waals surface area contributed by atoms with Crippen molar-refractivity contribution in [1.82, 2.24) is 5.32 Å². The van der Waals surface area contributed by atoms with E-state index in [0.717, 1.165) is 13.1 Å². The first-order chi connectivity index (χ1) is 7.04. The lowest BCUT2D eigenvalue weighted by molar-refractivity contribution is -0.183. The Morgan fingerprint density at radius 1 is 1.13 bits per heavy atom. The molecule has 3 N–H and O–H groups in total. The molecule has 1 aliphatic carbocycles. The molecule has 0 spiro atoms. The molecule has 0 aliphatic heterocycles. The Labute approximate surface area is 88.4 Å². The average molecular weight is 224 g/mol. The van der Waals surface area contributed by atoms with Crippen molar-refractivity contribution in [2.24, 2.45) is 17.6 Å². The average Bonchev–Trinajstić information content (AvgIpc) is 2.18. The van der Waals surface area contributed by atoms with Gasteiger partial charge in [-0.05, 0) is 38.1 Å². The highest BCUT2D eigenvalue weighted by atomic mass is 19.4. The molecule has 0 aromatic rings. The third-order valence-electron chi connectivity index (χ3n) is 3.06. The van der Waals surface area contributed by atoms with E-state index in [1.165, 1.54) is 0 Å². The van der Waals surface area contributed by atoms with Gasteiger partial charge in [0.25, 0.3) is 0 Å². The zero-order valence-corrected chi connectivity index (χ0v) is 8.82. The van der Waals surface area contributed by atoms with Gasteiger partial charge in [-0.3, -0.25) is 0 Å². The lowest BCUT2D eigenvalue weighted by Gasteiger charge is -2.29. The van der Waals surface area contributed by atoms with Crippen molar-refractivity contribution >= 4 is 0 Å². The van der Waals surface area contributed by atoms with Gasteiger partial charge in [0.15, 0.2) is 0 Å². The Bertz CT molecular complexity index is 174. The van der Waals surface area contributed by atoms with Gasteiger partial charge >= 0.3 is 6.18 Å². The summed E-state index contributed by atoms with van der Waals surface area (Å²) in [4.78, 5) is 0. The molecule has 0 saturated heterocycles. The molecule has 90 valence electrons. The molecule has 0 radical (unpaired) electrons. The zero-order chi connectivity index (χ0) is 11.3. The van der Waals surface area contributed by atoms with Crippen molar-refractivity contribution < 1.29 is 13.2 Å². The van der Waals surface area contributed by atoms with Crippen LogP contribution in [0.3, 0.4) is 0 Å². The van der Waals surface area contributed by atoms with E-state index in [1.807, 2.05) is 0 Å². The minimum Gasteiger partial charge on any atom is -0.329 e. The largest absolute Gasteiger partial charge is 0.391 e. The Kier molecular flexibility index (Phi) is 4.86. The standard InChI is InChI=1S/C10H19F3N2/c11-10(12,13)9-3-1-8(2-4-9)7-15-6-5-14/h8-9,15H,1-7,14H2. The molecule has 0 aromatic heterocycles. The number of halogens is 3. The molecule has 2 nitrogen and oxygen atoms in total. The fraction of sp³-hybridized carbons (Fsp3) is 1.00. The number of alkyl halides is 3. The van der Waals surface area contributed by atoms with Crippen LogP contribution in [0, 0.1) is 11.8 Å². The van der Waals surface area contributed by atoms with Gasteiger partial charge < -0.3 is 11.1 Å². The van der Waals surface area contributed by atoms with E-state index in [-0.39, 0.29) is 0 Å². The van der Waals surface area contributed by atoms with E-state index >= 15 is 0 Å². The maximum Gasteiger partial charge on any atom is 0.391 e. The second-order valence-corrected chi connectivity index (χ2v) is 4.25. The molecular weight excluding hydrogens is 205 g/mol. The highest BCUT2D eigenvalue weighted by Crippen LogP contribution is 2.39. The van der Waals surface area contributed by atoms with Gasteiger partial charge in [0.2, 0.25) is 0 Å². The van der Waals surface area contributed by atoms with Crippen molar-refractivity contribution in [2.75, 3.05) is 19.6 Å². The van der Waals surface area contributed by atoms with Crippen LogP contribution in [0.15, 0.2) is 0 Å². The summed E-state index contributed by atoms with van der Waals surface area (Å²) in [5.74, 6) is -0.668. The second kappa shape index (κ2) is 5.70. The highest BCUT2D eigenvalue weighted by Gasteiger charge is 2.41. The minimum atomic E-state index is -3.99. The van der Waals surface area contributed by atoms with Crippen LogP contribution in [0.25, 0.3) is 0 Å². The number of rotatable bonds is 4. The number of hydrogen-bond donors (Lipinski definition) is 2. The van der Waals surface area contributed by atoms with Crippen LogP contribution in [-0.2, 0) is 0 Å². The Balaban J connectivity index is 2.18. The van der Waals surface area contributed by atoms with Gasteiger partial charge in [-0.25, -0.2) is 0 Å². The van der Waals surface area contributed by atoms with Gasteiger partial charge in [0.05, 0.1) is 5.92 Å². The monoisotopic (exact) mass is 224 g/mol. The van der Waals surface area contributed by atoms with E-state index in [1.54, 1.807) is 0 Å². The van der Waals surface area contributed by atoms with Crippen LogP contribution in [0.4, 0.5) is 13.2 Å². The van der Waals surface area contributed by atoms with E-state index in [0.29, 0.717) is 38.1 Å². The topological polar surface area (TPSA) is 38.0 Å². The van der Waals surface area contributed by atoms with E-state index in [9.17, 15) is 13.2 Å². The fourth-order valence-corrected chi connectivity index (χ4v) is 2.10. The molecule has 1 rings (SSSR count). The molecule has 1 fully saturated rings. The van der Waals surface area contributed by atoms with Crippen molar-refractivity contribution in [1.29, 1.82) is 0 Å². The quantitative estimate of drug-likeness (QED) is 0.716. The van der Waals surface area contributed by atoms with Crippen LogP contribution < -0.4 is 11.1 Å². The SMILES string of the molecule is NCCNCC1CCC(C(F)(F)F)CC1. The lowest BCUT2D eigenvalue weighted by Crippen LogP contribution is -2.33. The smallest absolute Gasteiger partial charge is 0.329 e. The van der Waals surface area contributed by atoms with Crippen LogP contribution in [0.5, 0.6) is 0 Å². The summed E-state index contributed by atoms with van der Waals surface area (Å²) in [6.07, 6.45) is -2.05. The molecule has 0 heterocycles. The zero-order valence-electron chi connectivity index (χ0n) is 8.82. The van der Waals surface area contributed by atoms with E-state index < -0.39 is 12.1 Å². The maximum atomic E-state index is 12.3. The summed E-state index contributed by atoms with van der Waals surface area (Å²) >= 11 is 0. The molecule has 0 aromatic carbocycles. The van der Waals surface area contributed by atoms with Crippen LogP contribution >= 0.6 is 0 Å². The third-order valence-corrected chi connectivity index (χ3v) is 3.06. The summed E-state index contributed by atoms with van der Waals surface area (Å²) in [5.41, 5.74) is 5.31. The van der Waals surface area contributed by atoms with Gasteiger partial charge in [-0.1, -0.05) is 0 Å². The summed E-state index contributed by atoms with van der Waals surface area (Å²) < 4.78 is 37.0. The van der Waals surface area contributed by atoms with Crippen LogP contribution in [-0.4, -0.2) is 25.8 Å². The molecule has 0 amide bonds. The van der Waals surface area contributed by atoms with Crippen molar-refractivity contribution in [2.45, 2.75) is 31.9 Å². The Morgan fingerprint density at radius 2 is 1.73 bits per heavy atom. The van der Waals surface area contributed by atoms with Crippen molar-refractivity contribution in [3.63, 3.8) is 0 Å². The maximum absolute atomic E-state index is 12.3. The molecule has 0 atom stereocenters. The summed E-state index contributed by atoms with van der Waals surface area (Å²) in [7, 11) is 0. The van der Waals surface area contributed by atoms with E-state index in [2.05, 4.69) is 5.32 Å². The molecule has 15 heavy (non-hydrogen) atoms. The highest BCUT2D eigenvalue weighted by molar-refractivity contribution is 4.78. The minimum absolute atomic E-state index is 0.290. The first-order valence-corrected chi connectivity index (χ1v) is 5.51. The second-order valence-electron chi connectivity index (χ2n) is 4.25. The predicted octanol–water partition coefficient (Wildman–Crippen LogP) is 1.90. The molecular formula is C10H19F3N2.